The average molecular weight is 403 g/mol. The lowest BCUT2D eigenvalue weighted by Gasteiger charge is -2.43. The lowest BCUT2D eigenvalue weighted by Crippen LogP contribution is -2.52. The lowest BCUT2D eigenvalue weighted by atomic mass is 9.91. The van der Waals surface area contributed by atoms with Crippen LogP contribution in [0.2, 0.25) is 0 Å². The van der Waals surface area contributed by atoms with Gasteiger partial charge in [0.1, 0.15) is 0 Å². The van der Waals surface area contributed by atoms with Crippen molar-refractivity contribution in [2.24, 2.45) is 5.92 Å². The first-order chi connectivity index (χ1) is 9.92. The largest absolute Gasteiger partial charge is 0.465 e. The summed E-state index contributed by atoms with van der Waals surface area (Å²) >= 11 is 2.26. The molecule has 21 heavy (non-hydrogen) atoms. The highest BCUT2D eigenvalue weighted by molar-refractivity contribution is 14.1. The predicted molar refractivity (Wildman–Crippen MR) is 90.2 cm³/mol. The number of carboxylic acid groups (broad SMARTS) is 1. The molecule has 5 heteroatoms. The number of rotatable bonds is 6. The van der Waals surface area contributed by atoms with E-state index in [0.29, 0.717) is 12.3 Å². The number of amides is 1. The van der Waals surface area contributed by atoms with Crippen LogP contribution in [0.4, 0.5) is 4.79 Å². The first-order valence-electron chi connectivity index (χ1n) is 7.24. The molecule has 1 amide bonds. The van der Waals surface area contributed by atoms with Gasteiger partial charge in [-0.1, -0.05) is 32.0 Å². The standard InChI is InChI=1S/C16H22INO3/c1-11(2)10-16(21-3,13-6-4-5-7-14(13)17)18(15(19)20)12-8-9-12/h4-7,11-12H,8-10H2,1-3H3,(H,19,20). The molecule has 116 valence electrons. The van der Waals surface area contributed by atoms with Gasteiger partial charge in [0.15, 0.2) is 5.72 Å². The number of halogens is 1. The fourth-order valence-corrected chi connectivity index (χ4v) is 3.71. The van der Waals surface area contributed by atoms with Crippen molar-refractivity contribution in [3.63, 3.8) is 0 Å². The van der Waals surface area contributed by atoms with Crippen molar-refractivity contribution in [3.05, 3.63) is 33.4 Å². The number of hydrogen-bond acceptors (Lipinski definition) is 2. The van der Waals surface area contributed by atoms with Crippen LogP contribution in [-0.2, 0) is 10.5 Å². The van der Waals surface area contributed by atoms with Gasteiger partial charge in [0.25, 0.3) is 0 Å². The van der Waals surface area contributed by atoms with Crippen molar-refractivity contribution in [2.45, 2.75) is 44.9 Å². The molecule has 0 aromatic heterocycles. The molecule has 1 aliphatic carbocycles. The minimum Gasteiger partial charge on any atom is -0.465 e. The summed E-state index contributed by atoms with van der Waals surface area (Å²) < 4.78 is 6.91. The Kier molecular flexibility index (Phi) is 5.14. The topological polar surface area (TPSA) is 49.8 Å². The molecule has 0 bridgehead atoms. The highest BCUT2D eigenvalue weighted by atomic mass is 127. The molecule has 1 aromatic rings. The van der Waals surface area contributed by atoms with Crippen molar-refractivity contribution >= 4 is 28.7 Å². The summed E-state index contributed by atoms with van der Waals surface area (Å²) in [7, 11) is 1.61. The molecule has 2 rings (SSSR count). The number of hydrogen-bond donors (Lipinski definition) is 1. The molecule has 0 heterocycles. The van der Waals surface area contributed by atoms with E-state index >= 15 is 0 Å². The second-order valence-corrected chi connectivity index (χ2v) is 7.11. The molecule has 1 unspecified atom stereocenters. The van der Waals surface area contributed by atoms with Crippen LogP contribution in [-0.4, -0.2) is 29.3 Å². The lowest BCUT2D eigenvalue weighted by molar-refractivity contribution is -0.144. The van der Waals surface area contributed by atoms with E-state index in [-0.39, 0.29) is 6.04 Å². The number of nitrogens with zero attached hydrogens (tertiary/aromatic N) is 1. The quantitative estimate of drug-likeness (QED) is 0.570. The van der Waals surface area contributed by atoms with Gasteiger partial charge in [-0.15, -0.1) is 0 Å². The second kappa shape index (κ2) is 6.52. The maximum atomic E-state index is 11.9. The average Bonchev–Trinajstić information content (AvgIpc) is 3.22. The SMILES string of the molecule is COC(CC(C)C)(c1ccccc1I)N(C(=O)O)C1CC1. The molecule has 0 spiro atoms. The van der Waals surface area contributed by atoms with Crippen molar-refractivity contribution in [3.8, 4) is 0 Å². The van der Waals surface area contributed by atoms with E-state index in [2.05, 4.69) is 36.4 Å². The molecule has 1 N–H and O–H groups in total. The summed E-state index contributed by atoms with van der Waals surface area (Å²) in [6.45, 7) is 4.19. The predicted octanol–water partition coefficient (Wildman–Crippen LogP) is 4.28. The first kappa shape index (κ1) is 16.5. The van der Waals surface area contributed by atoms with Gasteiger partial charge >= 0.3 is 6.09 Å². The summed E-state index contributed by atoms with van der Waals surface area (Å²) in [6, 6.07) is 7.95. The summed E-state index contributed by atoms with van der Waals surface area (Å²) in [5, 5.41) is 9.76. The monoisotopic (exact) mass is 403 g/mol. The van der Waals surface area contributed by atoms with Crippen LogP contribution in [0.1, 0.15) is 38.7 Å². The summed E-state index contributed by atoms with van der Waals surface area (Å²) in [4.78, 5) is 13.4. The molecule has 0 saturated heterocycles. The molecule has 0 radical (unpaired) electrons. The van der Waals surface area contributed by atoms with Crippen molar-refractivity contribution in [1.29, 1.82) is 0 Å². The van der Waals surface area contributed by atoms with Crippen LogP contribution in [0.25, 0.3) is 0 Å². The van der Waals surface area contributed by atoms with Crippen molar-refractivity contribution < 1.29 is 14.6 Å². The molecule has 1 atom stereocenters. The zero-order valence-corrected chi connectivity index (χ0v) is 14.8. The van der Waals surface area contributed by atoms with Gasteiger partial charge in [-0.25, -0.2) is 4.79 Å². The number of carbonyl (C=O) groups is 1. The van der Waals surface area contributed by atoms with E-state index in [9.17, 15) is 9.90 Å². The van der Waals surface area contributed by atoms with Gasteiger partial charge in [-0.05, 0) is 47.4 Å². The Morgan fingerprint density at radius 3 is 2.52 bits per heavy atom. The second-order valence-electron chi connectivity index (χ2n) is 5.95. The highest BCUT2D eigenvalue weighted by Gasteiger charge is 2.50. The molecule has 0 aliphatic heterocycles. The van der Waals surface area contributed by atoms with E-state index < -0.39 is 11.8 Å². The first-order valence-corrected chi connectivity index (χ1v) is 8.32. The molecule has 1 saturated carbocycles. The fourth-order valence-electron chi connectivity index (χ4n) is 2.90. The molecule has 1 fully saturated rings. The normalized spacial score (nSPS) is 17.6. The van der Waals surface area contributed by atoms with Gasteiger partial charge in [0.05, 0.1) is 0 Å². The molecule has 4 nitrogen and oxygen atoms in total. The smallest absolute Gasteiger partial charge is 0.410 e. The van der Waals surface area contributed by atoms with Gasteiger partial charge in [0, 0.05) is 28.7 Å². The molecular weight excluding hydrogens is 381 g/mol. The summed E-state index contributed by atoms with van der Waals surface area (Å²) in [5.74, 6) is 0.321. The van der Waals surface area contributed by atoms with E-state index in [1.54, 1.807) is 7.11 Å². The van der Waals surface area contributed by atoms with Gasteiger partial charge in [0.2, 0.25) is 0 Å². The van der Waals surface area contributed by atoms with Crippen LogP contribution < -0.4 is 0 Å². The van der Waals surface area contributed by atoms with E-state index in [1.807, 2.05) is 24.3 Å². The van der Waals surface area contributed by atoms with Crippen molar-refractivity contribution in [2.75, 3.05) is 7.11 Å². The zero-order chi connectivity index (χ0) is 15.6. The Bertz CT molecular complexity index is 516. The van der Waals surface area contributed by atoms with Crippen LogP contribution in [0.3, 0.4) is 0 Å². The van der Waals surface area contributed by atoms with Crippen LogP contribution in [0.5, 0.6) is 0 Å². The zero-order valence-electron chi connectivity index (χ0n) is 12.7. The molecule has 1 aliphatic rings. The van der Waals surface area contributed by atoms with E-state index in [4.69, 9.17) is 4.74 Å². The Balaban J connectivity index is 2.56. The summed E-state index contributed by atoms with van der Waals surface area (Å²) in [6.07, 6.45) is 1.57. The number of ether oxygens (including phenoxy) is 1. The van der Waals surface area contributed by atoms with Crippen LogP contribution in [0, 0.1) is 9.49 Å². The molecule has 1 aromatic carbocycles. The minimum atomic E-state index is -0.904. The Morgan fingerprint density at radius 1 is 1.48 bits per heavy atom. The highest BCUT2D eigenvalue weighted by Crippen LogP contribution is 2.44. The van der Waals surface area contributed by atoms with Gasteiger partial charge < -0.3 is 9.84 Å². The number of methoxy groups -OCH3 is 1. The Hall–Kier alpha value is -0.820. The maximum Gasteiger partial charge on any atom is 0.410 e. The third-order valence-electron chi connectivity index (χ3n) is 3.82. The molecular formula is C16H22INO3. The number of benzene rings is 1. The van der Waals surface area contributed by atoms with Crippen LogP contribution >= 0.6 is 22.6 Å². The Morgan fingerprint density at radius 2 is 2.10 bits per heavy atom. The van der Waals surface area contributed by atoms with E-state index in [1.165, 1.54) is 4.90 Å². The van der Waals surface area contributed by atoms with Gasteiger partial charge in [-0.2, -0.15) is 0 Å². The fraction of sp³-hybridized carbons (Fsp3) is 0.562. The van der Waals surface area contributed by atoms with Crippen molar-refractivity contribution in [1.82, 2.24) is 4.90 Å². The van der Waals surface area contributed by atoms with Crippen LogP contribution in [0.15, 0.2) is 24.3 Å². The minimum absolute atomic E-state index is 0.0669. The maximum absolute atomic E-state index is 11.9. The third kappa shape index (κ3) is 3.34. The summed E-state index contributed by atoms with van der Waals surface area (Å²) in [5.41, 5.74) is 0.0370. The van der Waals surface area contributed by atoms with E-state index in [0.717, 1.165) is 22.0 Å². The third-order valence-corrected chi connectivity index (χ3v) is 4.77. The van der Waals surface area contributed by atoms with Gasteiger partial charge in [-0.3, -0.25) is 4.90 Å². The Labute approximate surface area is 139 Å².